The number of rotatable bonds is 2. The quantitative estimate of drug-likeness (QED) is 0.662. The Labute approximate surface area is 126 Å². The van der Waals surface area contributed by atoms with E-state index in [9.17, 15) is 4.79 Å². The van der Waals surface area contributed by atoms with Gasteiger partial charge in [0.05, 0.1) is 11.7 Å². The Morgan fingerprint density at radius 3 is 2.95 bits per heavy atom. The summed E-state index contributed by atoms with van der Waals surface area (Å²) in [6.07, 6.45) is 5.46. The number of hydrogen-bond donors (Lipinski definition) is 3. The standard InChI is InChI=1S/C15H18N6O/c1-16-14-15(22)21(9-2-5-17-6-3-9)12-10-4-7-18-13(10)19-8-11(12)20-14/h4,7-9,17H,2-3,5-6H2,1H3,(H,16,20)(H,18,19). The molecule has 3 aromatic rings. The molecule has 7 heteroatoms. The molecule has 0 spiro atoms. The normalized spacial score (nSPS) is 16.4. The molecule has 0 unspecified atom stereocenters. The molecule has 0 aliphatic carbocycles. The van der Waals surface area contributed by atoms with Gasteiger partial charge in [0, 0.05) is 24.7 Å². The summed E-state index contributed by atoms with van der Waals surface area (Å²) < 4.78 is 1.91. The van der Waals surface area contributed by atoms with Crippen LogP contribution in [0.25, 0.3) is 22.1 Å². The van der Waals surface area contributed by atoms with E-state index in [2.05, 4.69) is 25.6 Å². The van der Waals surface area contributed by atoms with Crippen LogP contribution in [-0.4, -0.2) is 39.7 Å². The SMILES string of the molecule is CNc1nc2cnc3[nH]ccc3c2n(C2CCNCC2)c1=O. The highest BCUT2D eigenvalue weighted by Gasteiger charge is 2.22. The summed E-state index contributed by atoms with van der Waals surface area (Å²) in [5.74, 6) is 0.378. The molecule has 1 saturated heterocycles. The lowest BCUT2D eigenvalue weighted by Crippen LogP contribution is -2.35. The number of piperidine rings is 1. The van der Waals surface area contributed by atoms with Gasteiger partial charge in [-0.05, 0) is 32.0 Å². The van der Waals surface area contributed by atoms with Crippen molar-refractivity contribution in [2.45, 2.75) is 18.9 Å². The number of anilines is 1. The topological polar surface area (TPSA) is 87.6 Å². The molecule has 4 heterocycles. The third-order valence-corrected chi connectivity index (χ3v) is 4.34. The molecule has 0 bridgehead atoms. The van der Waals surface area contributed by atoms with E-state index in [0.29, 0.717) is 5.82 Å². The Kier molecular flexibility index (Phi) is 3.07. The van der Waals surface area contributed by atoms with Gasteiger partial charge in [0.2, 0.25) is 0 Å². The summed E-state index contributed by atoms with van der Waals surface area (Å²) in [6, 6.07) is 2.15. The zero-order valence-electron chi connectivity index (χ0n) is 12.4. The summed E-state index contributed by atoms with van der Waals surface area (Å²) >= 11 is 0. The van der Waals surface area contributed by atoms with E-state index in [4.69, 9.17) is 0 Å². The van der Waals surface area contributed by atoms with E-state index in [-0.39, 0.29) is 11.6 Å². The third-order valence-electron chi connectivity index (χ3n) is 4.34. The van der Waals surface area contributed by atoms with Crippen molar-refractivity contribution in [1.82, 2.24) is 24.8 Å². The molecule has 0 aromatic carbocycles. The minimum atomic E-state index is -0.0596. The highest BCUT2D eigenvalue weighted by molar-refractivity contribution is 6.01. The van der Waals surface area contributed by atoms with Crippen molar-refractivity contribution in [3.63, 3.8) is 0 Å². The molecule has 4 rings (SSSR count). The zero-order valence-corrected chi connectivity index (χ0v) is 12.4. The molecular weight excluding hydrogens is 280 g/mol. The first-order valence-electron chi connectivity index (χ1n) is 7.56. The average molecular weight is 298 g/mol. The first kappa shape index (κ1) is 13.3. The summed E-state index contributed by atoms with van der Waals surface area (Å²) in [7, 11) is 1.73. The maximum absolute atomic E-state index is 12.9. The number of aromatic nitrogens is 4. The first-order valence-corrected chi connectivity index (χ1v) is 7.56. The van der Waals surface area contributed by atoms with Crippen molar-refractivity contribution in [2.24, 2.45) is 0 Å². The van der Waals surface area contributed by atoms with Gasteiger partial charge < -0.3 is 15.6 Å². The summed E-state index contributed by atoms with van der Waals surface area (Å²) in [6.45, 7) is 1.86. The number of nitrogens with zero attached hydrogens (tertiary/aromatic N) is 3. The zero-order chi connectivity index (χ0) is 15.1. The Balaban J connectivity index is 2.10. The van der Waals surface area contributed by atoms with Gasteiger partial charge in [-0.1, -0.05) is 0 Å². The van der Waals surface area contributed by atoms with E-state index < -0.39 is 0 Å². The number of pyridine rings is 1. The molecule has 1 aliphatic heterocycles. The lowest BCUT2D eigenvalue weighted by molar-refractivity contribution is 0.369. The monoisotopic (exact) mass is 298 g/mol. The number of nitrogens with one attached hydrogen (secondary N) is 3. The molecular formula is C15H18N6O. The largest absolute Gasteiger partial charge is 0.369 e. The molecule has 0 amide bonds. The van der Waals surface area contributed by atoms with Crippen LogP contribution in [0.1, 0.15) is 18.9 Å². The smallest absolute Gasteiger partial charge is 0.294 e. The molecule has 0 atom stereocenters. The minimum absolute atomic E-state index is 0.0596. The molecule has 1 fully saturated rings. The van der Waals surface area contributed by atoms with Crippen LogP contribution in [-0.2, 0) is 0 Å². The van der Waals surface area contributed by atoms with E-state index in [1.807, 2.05) is 16.8 Å². The predicted octanol–water partition coefficient (Wildman–Crippen LogP) is 1.24. The highest BCUT2D eigenvalue weighted by atomic mass is 16.1. The number of fused-ring (bicyclic) bond motifs is 3. The summed E-state index contributed by atoms with van der Waals surface area (Å²) in [4.78, 5) is 24.8. The van der Waals surface area contributed by atoms with Crippen molar-refractivity contribution in [2.75, 3.05) is 25.5 Å². The number of aromatic amines is 1. The van der Waals surface area contributed by atoms with E-state index in [0.717, 1.165) is 48.0 Å². The predicted molar refractivity (Wildman–Crippen MR) is 86.3 cm³/mol. The van der Waals surface area contributed by atoms with Crippen molar-refractivity contribution in [1.29, 1.82) is 0 Å². The maximum Gasteiger partial charge on any atom is 0.294 e. The molecule has 0 radical (unpaired) electrons. The third kappa shape index (κ3) is 1.89. The first-order chi connectivity index (χ1) is 10.8. The van der Waals surface area contributed by atoms with E-state index in [1.165, 1.54) is 0 Å². The molecule has 7 nitrogen and oxygen atoms in total. The van der Waals surface area contributed by atoms with Crippen molar-refractivity contribution in [3.8, 4) is 0 Å². The maximum atomic E-state index is 12.9. The van der Waals surface area contributed by atoms with Crippen molar-refractivity contribution in [3.05, 3.63) is 28.8 Å². The van der Waals surface area contributed by atoms with Gasteiger partial charge in [-0.2, -0.15) is 0 Å². The van der Waals surface area contributed by atoms with Crippen LogP contribution in [0.15, 0.2) is 23.3 Å². The Morgan fingerprint density at radius 1 is 1.36 bits per heavy atom. The summed E-state index contributed by atoms with van der Waals surface area (Å²) in [5, 5.41) is 7.21. The van der Waals surface area contributed by atoms with Gasteiger partial charge in [0.15, 0.2) is 5.82 Å². The van der Waals surface area contributed by atoms with Gasteiger partial charge >= 0.3 is 0 Å². The Morgan fingerprint density at radius 2 is 2.18 bits per heavy atom. The van der Waals surface area contributed by atoms with Crippen LogP contribution in [0, 0.1) is 0 Å². The fourth-order valence-electron chi connectivity index (χ4n) is 3.28. The van der Waals surface area contributed by atoms with Gasteiger partial charge in [0.1, 0.15) is 11.2 Å². The Bertz CT molecular complexity index is 890. The van der Waals surface area contributed by atoms with Gasteiger partial charge in [0.25, 0.3) is 5.56 Å². The fraction of sp³-hybridized carbons (Fsp3) is 0.400. The van der Waals surface area contributed by atoms with Crippen LogP contribution in [0.5, 0.6) is 0 Å². The van der Waals surface area contributed by atoms with Crippen LogP contribution in [0.3, 0.4) is 0 Å². The van der Waals surface area contributed by atoms with Gasteiger partial charge in [-0.3, -0.25) is 9.36 Å². The number of hydrogen-bond acceptors (Lipinski definition) is 5. The van der Waals surface area contributed by atoms with E-state index in [1.54, 1.807) is 13.2 Å². The lowest BCUT2D eigenvalue weighted by atomic mass is 10.1. The number of H-pyrrole nitrogens is 1. The van der Waals surface area contributed by atoms with Crippen molar-refractivity contribution >= 4 is 27.9 Å². The molecule has 0 saturated carbocycles. The van der Waals surface area contributed by atoms with Crippen molar-refractivity contribution < 1.29 is 0 Å². The highest BCUT2D eigenvalue weighted by Crippen LogP contribution is 2.27. The van der Waals surface area contributed by atoms with Crippen LogP contribution >= 0.6 is 0 Å². The Hall–Kier alpha value is -2.41. The molecule has 3 aromatic heterocycles. The minimum Gasteiger partial charge on any atom is -0.369 e. The second-order valence-corrected chi connectivity index (χ2v) is 5.60. The molecule has 22 heavy (non-hydrogen) atoms. The average Bonchev–Trinajstić information content (AvgIpc) is 3.04. The van der Waals surface area contributed by atoms with Crippen LogP contribution in [0.2, 0.25) is 0 Å². The van der Waals surface area contributed by atoms with Gasteiger partial charge in [-0.25, -0.2) is 9.97 Å². The molecule has 114 valence electrons. The van der Waals surface area contributed by atoms with E-state index >= 15 is 0 Å². The van der Waals surface area contributed by atoms with Crippen LogP contribution in [0.4, 0.5) is 5.82 Å². The molecule has 1 aliphatic rings. The second kappa shape index (κ2) is 5.10. The molecule has 3 N–H and O–H groups in total. The lowest BCUT2D eigenvalue weighted by Gasteiger charge is -2.26. The van der Waals surface area contributed by atoms with Crippen LogP contribution < -0.4 is 16.2 Å². The van der Waals surface area contributed by atoms with Gasteiger partial charge in [-0.15, -0.1) is 0 Å². The fourth-order valence-corrected chi connectivity index (χ4v) is 3.28. The second-order valence-electron chi connectivity index (χ2n) is 5.60. The summed E-state index contributed by atoms with van der Waals surface area (Å²) in [5.41, 5.74) is 2.35.